The summed E-state index contributed by atoms with van der Waals surface area (Å²) in [6.45, 7) is 0.397. The van der Waals surface area contributed by atoms with Gasteiger partial charge in [-0.15, -0.1) is 0 Å². The molecule has 0 radical (unpaired) electrons. The van der Waals surface area contributed by atoms with E-state index in [1.165, 1.54) is 6.42 Å². The van der Waals surface area contributed by atoms with Crippen LogP contribution in [-0.2, 0) is 11.3 Å². The fourth-order valence-corrected chi connectivity index (χ4v) is 2.43. The average molecular weight is 258 g/mol. The third-order valence-electron chi connectivity index (χ3n) is 3.87. The molecule has 100 valence electrons. The summed E-state index contributed by atoms with van der Waals surface area (Å²) in [7, 11) is 0. The number of rotatable bonds is 4. The van der Waals surface area contributed by atoms with E-state index in [-0.39, 0.29) is 11.9 Å². The van der Waals surface area contributed by atoms with Crippen LogP contribution in [-0.4, -0.2) is 11.9 Å². The second kappa shape index (κ2) is 5.05. The van der Waals surface area contributed by atoms with Crippen LogP contribution in [0, 0.1) is 5.92 Å². The van der Waals surface area contributed by atoms with Gasteiger partial charge in [0.15, 0.2) is 0 Å². The fraction of sp³-hybridized carbons (Fsp3) is 0.400. The minimum atomic E-state index is -0.377. The number of nitrogens with two attached hydrogens (primary N) is 1. The third-order valence-corrected chi connectivity index (χ3v) is 3.87. The van der Waals surface area contributed by atoms with Crippen LogP contribution >= 0.6 is 0 Å². The van der Waals surface area contributed by atoms with Gasteiger partial charge in [-0.2, -0.15) is 0 Å². The quantitative estimate of drug-likeness (QED) is 0.883. The van der Waals surface area contributed by atoms with E-state index >= 15 is 0 Å². The number of amides is 1. The summed E-state index contributed by atoms with van der Waals surface area (Å²) in [6, 6.07) is 9.38. The highest BCUT2D eigenvalue weighted by Gasteiger charge is 2.29. The molecule has 1 heterocycles. The van der Waals surface area contributed by atoms with Gasteiger partial charge in [-0.3, -0.25) is 4.79 Å². The van der Waals surface area contributed by atoms with Crippen LogP contribution in [0.3, 0.4) is 0 Å². The lowest BCUT2D eigenvalue weighted by Crippen LogP contribution is -2.47. The number of fused-ring (bicyclic) bond motifs is 1. The molecule has 1 aromatic carbocycles. The molecule has 2 aromatic rings. The Morgan fingerprint density at radius 2 is 2.21 bits per heavy atom. The molecule has 1 aromatic heterocycles. The van der Waals surface area contributed by atoms with Gasteiger partial charge in [-0.05, 0) is 30.9 Å². The summed E-state index contributed by atoms with van der Waals surface area (Å²) in [5.41, 5.74) is 6.76. The van der Waals surface area contributed by atoms with Crippen LogP contribution in [0.1, 0.15) is 25.0 Å². The minimum absolute atomic E-state index is 0.0786. The van der Waals surface area contributed by atoms with Gasteiger partial charge in [0.1, 0.15) is 11.3 Å². The van der Waals surface area contributed by atoms with Gasteiger partial charge in [0, 0.05) is 5.39 Å². The number of hydrogen-bond acceptors (Lipinski definition) is 3. The molecule has 19 heavy (non-hydrogen) atoms. The summed E-state index contributed by atoms with van der Waals surface area (Å²) in [4.78, 5) is 11.9. The number of carbonyl (C=O) groups excluding carboxylic acids is 1. The van der Waals surface area contributed by atoms with Crippen LogP contribution in [0.4, 0.5) is 0 Å². The lowest BCUT2D eigenvalue weighted by molar-refractivity contribution is -0.124. The zero-order valence-corrected chi connectivity index (χ0v) is 10.8. The average Bonchev–Trinajstić information content (AvgIpc) is 2.76. The number of benzene rings is 1. The predicted octanol–water partition coefficient (Wildman–Crippen LogP) is 2.18. The monoisotopic (exact) mass is 258 g/mol. The fourth-order valence-electron chi connectivity index (χ4n) is 2.43. The Kier molecular flexibility index (Phi) is 3.25. The molecule has 1 atom stereocenters. The highest BCUT2D eigenvalue weighted by Crippen LogP contribution is 2.28. The molecule has 3 rings (SSSR count). The number of furan rings is 1. The van der Waals surface area contributed by atoms with Gasteiger partial charge in [0.25, 0.3) is 0 Å². The maximum absolute atomic E-state index is 11.9. The molecule has 4 heteroatoms. The van der Waals surface area contributed by atoms with E-state index in [1.54, 1.807) is 0 Å². The molecule has 0 saturated heterocycles. The van der Waals surface area contributed by atoms with Crippen LogP contribution in [0.5, 0.6) is 0 Å². The maximum atomic E-state index is 11.9. The molecule has 0 bridgehead atoms. The molecule has 0 spiro atoms. The molecule has 0 aliphatic heterocycles. The van der Waals surface area contributed by atoms with Gasteiger partial charge >= 0.3 is 0 Å². The molecule has 4 nitrogen and oxygen atoms in total. The van der Waals surface area contributed by atoms with Crippen molar-refractivity contribution in [1.29, 1.82) is 0 Å². The summed E-state index contributed by atoms with van der Waals surface area (Å²) >= 11 is 0. The van der Waals surface area contributed by atoms with Crippen molar-refractivity contribution in [3.63, 3.8) is 0 Å². The van der Waals surface area contributed by atoms with E-state index in [4.69, 9.17) is 10.2 Å². The first-order chi connectivity index (χ1) is 9.24. The number of carbonyl (C=O) groups is 1. The largest absolute Gasteiger partial charge is 0.459 e. The lowest BCUT2D eigenvalue weighted by Gasteiger charge is -2.30. The molecule has 1 aliphatic carbocycles. The first-order valence-electron chi connectivity index (χ1n) is 6.75. The summed E-state index contributed by atoms with van der Waals surface area (Å²) < 4.78 is 5.64. The van der Waals surface area contributed by atoms with Crippen molar-refractivity contribution in [2.75, 3.05) is 0 Å². The molecule has 1 amide bonds. The molecule has 1 fully saturated rings. The number of nitrogens with one attached hydrogen (secondary N) is 1. The Morgan fingerprint density at radius 1 is 1.42 bits per heavy atom. The molecular weight excluding hydrogens is 240 g/mol. The van der Waals surface area contributed by atoms with E-state index in [1.807, 2.05) is 30.3 Å². The first kappa shape index (κ1) is 12.2. The molecule has 1 aliphatic rings. The van der Waals surface area contributed by atoms with Crippen LogP contribution < -0.4 is 11.1 Å². The Hall–Kier alpha value is -1.81. The van der Waals surface area contributed by atoms with Crippen LogP contribution in [0.2, 0.25) is 0 Å². The molecule has 3 N–H and O–H groups in total. The number of para-hydroxylation sites is 1. The number of hydrogen-bond donors (Lipinski definition) is 2. The van der Waals surface area contributed by atoms with Crippen molar-refractivity contribution in [2.24, 2.45) is 11.7 Å². The molecule has 1 unspecified atom stereocenters. The van der Waals surface area contributed by atoms with Gasteiger partial charge in [-0.1, -0.05) is 24.6 Å². The smallest absolute Gasteiger partial charge is 0.237 e. The Bertz CT molecular complexity index is 554. The highest BCUT2D eigenvalue weighted by molar-refractivity contribution is 5.82. The van der Waals surface area contributed by atoms with Gasteiger partial charge in [0.2, 0.25) is 5.91 Å². The standard InChI is InChI=1S/C15H18N2O2/c16-14(10-5-3-6-10)15(18)17-9-12-8-11-4-1-2-7-13(11)19-12/h1-2,4,7-8,10,14H,3,5-6,9,16H2,(H,17,18). The van der Waals surface area contributed by atoms with E-state index < -0.39 is 0 Å². The van der Waals surface area contributed by atoms with E-state index in [0.29, 0.717) is 12.5 Å². The van der Waals surface area contributed by atoms with Crippen molar-refractivity contribution in [2.45, 2.75) is 31.8 Å². The van der Waals surface area contributed by atoms with Crippen LogP contribution in [0.15, 0.2) is 34.7 Å². The van der Waals surface area contributed by atoms with Crippen molar-refractivity contribution >= 4 is 16.9 Å². The zero-order valence-electron chi connectivity index (χ0n) is 10.8. The molecular formula is C15H18N2O2. The Labute approximate surface area is 112 Å². The second-order valence-electron chi connectivity index (χ2n) is 5.19. The van der Waals surface area contributed by atoms with Crippen molar-refractivity contribution in [1.82, 2.24) is 5.32 Å². The van der Waals surface area contributed by atoms with Crippen molar-refractivity contribution in [3.05, 3.63) is 36.1 Å². The maximum Gasteiger partial charge on any atom is 0.237 e. The van der Waals surface area contributed by atoms with Gasteiger partial charge < -0.3 is 15.5 Å². The van der Waals surface area contributed by atoms with E-state index in [0.717, 1.165) is 29.6 Å². The van der Waals surface area contributed by atoms with E-state index in [9.17, 15) is 4.79 Å². The van der Waals surface area contributed by atoms with E-state index in [2.05, 4.69) is 5.32 Å². The highest BCUT2D eigenvalue weighted by atomic mass is 16.3. The minimum Gasteiger partial charge on any atom is -0.459 e. The Balaban J connectivity index is 1.60. The zero-order chi connectivity index (χ0) is 13.2. The second-order valence-corrected chi connectivity index (χ2v) is 5.19. The Morgan fingerprint density at radius 3 is 2.89 bits per heavy atom. The van der Waals surface area contributed by atoms with Gasteiger partial charge in [-0.25, -0.2) is 0 Å². The SMILES string of the molecule is NC(C(=O)NCc1cc2ccccc2o1)C1CCC1. The topological polar surface area (TPSA) is 68.3 Å². The first-order valence-corrected chi connectivity index (χ1v) is 6.75. The van der Waals surface area contributed by atoms with Crippen molar-refractivity contribution in [3.8, 4) is 0 Å². The van der Waals surface area contributed by atoms with Crippen LogP contribution in [0.25, 0.3) is 11.0 Å². The third kappa shape index (κ3) is 2.49. The predicted molar refractivity (Wildman–Crippen MR) is 73.4 cm³/mol. The molecule has 1 saturated carbocycles. The van der Waals surface area contributed by atoms with Gasteiger partial charge in [0.05, 0.1) is 12.6 Å². The van der Waals surface area contributed by atoms with Crippen molar-refractivity contribution < 1.29 is 9.21 Å². The normalized spacial score (nSPS) is 17.1. The lowest BCUT2D eigenvalue weighted by atomic mass is 9.80. The summed E-state index contributed by atoms with van der Waals surface area (Å²) in [5, 5.41) is 3.90. The summed E-state index contributed by atoms with van der Waals surface area (Å²) in [5.74, 6) is 1.04. The summed E-state index contributed by atoms with van der Waals surface area (Å²) in [6.07, 6.45) is 3.33.